The average Bonchev–Trinajstić information content (AvgIpc) is 2.63. The van der Waals surface area contributed by atoms with Crippen LogP contribution in [0.15, 0.2) is 70.6 Å². The third-order valence-electron chi connectivity index (χ3n) is 3.76. The topological polar surface area (TPSA) is 65.5 Å². The summed E-state index contributed by atoms with van der Waals surface area (Å²) in [5.41, 5.74) is 1.40. The lowest BCUT2D eigenvalue weighted by atomic mass is 10.1. The van der Waals surface area contributed by atoms with E-state index in [9.17, 15) is 8.42 Å². The minimum atomic E-state index is -3.60. The van der Waals surface area contributed by atoms with E-state index >= 15 is 0 Å². The predicted octanol–water partition coefficient (Wildman–Crippen LogP) is 3.36. The molecular formula is C18H17NO4S. The molecule has 0 N–H and O–H groups in total. The summed E-state index contributed by atoms with van der Waals surface area (Å²) in [5.74, 6) is 0. The summed E-state index contributed by atoms with van der Waals surface area (Å²) in [4.78, 5) is 4.75. The highest BCUT2D eigenvalue weighted by molar-refractivity contribution is 7.91. The second-order valence-electron chi connectivity index (χ2n) is 5.21. The van der Waals surface area contributed by atoms with Crippen molar-refractivity contribution in [2.24, 2.45) is 0 Å². The van der Waals surface area contributed by atoms with Crippen molar-refractivity contribution in [3.8, 4) is 0 Å². The summed E-state index contributed by atoms with van der Waals surface area (Å²) in [7, 11) is -0.514. The first-order chi connectivity index (χ1) is 11.6. The van der Waals surface area contributed by atoms with Gasteiger partial charge in [-0.05, 0) is 18.2 Å². The van der Waals surface area contributed by atoms with Crippen molar-refractivity contribution in [3.05, 3.63) is 66.4 Å². The van der Waals surface area contributed by atoms with Gasteiger partial charge in [0.1, 0.15) is 0 Å². The minimum absolute atomic E-state index is 0.157. The summed E-state index contributed by atoms with van der Waals surface area (Å²) >= 11 is 0. The molecule has 3 aromatic rings. The zero-order valence-corrected chi connectivity index (χ0v) is 14.2. The lowest BCUT2D eigenvalue weighted by molar-refractivity contribution is -0.105. The maximum absolute atomic E-state index is 12.7. The van der Waals surface area contributed by atoms with Gasteiger partial charge in [-0.25, -0.2) is 8.42 Å². The second kappa shape index (κ2) is 6.68. The van der Waals surface area contributed by atoms with Crippen molar-refractivity contribution in [3.63, 3.8) is 0 Å². The molecule has 1 aromatic heterocycles. The zero-order chi connectivity index (χ0) is 17.2. The molecule has 0 amide bonds. The lowest BCUT2D eigenvalue weighted by Gasteiger charge is -2.15. The first kappa shape index (κ1) is 16.6. The molecular weight excluding hydrogens is 326 g/mol. The van der Waals surface area contributed by atoms with Crippen LogP contribution >= 0.6 is 0 Å². The van der Waals surface area contributed by atoms with Gasteiger partial charge in [0, 0.05) is 31.4 Å². The number of ether oxygens (including phenoxy) is 2. The Morgan fingerprint density at radius 1 is 0.917 bits per heavy atom. The smallest absolute Gasteiger partial charge is 0.208 e. The van der Waals surface area contributed by atoms with Gasteiger partial charge < -0.3 is 9.47 Å². The maximum atomic E-state index is 12.7. The molecule has 0 saturated carbocycles. The third-order valence-corrected chi connectivity index (χ3v) is 5.50. The molecule has 0 unspecified atom stereocenters. The molecule has 0 saturated heterocycles. The number of hydrogen-bond donors (Lipinski definition) is 0. The molecule has 6 heteroatoms. The molecule has 2 aromatic carbocycles. The molecule has 3 rings (SSSR count). The van der Waals surface area contributed by atoms with E-state index in [1.54, 1.807) is 50.6 Å². The van der Waals surface area contributed by atoms with Crippen LogP contribution in [0.5, 0.6) is 0 Å². The maximum Gasteiger partial charge on any atom is 0.208 e. The van der Waals surface area contributed by atoms with Crippen LogP contribution < -0.4 is 0 Å². The molecule has 124 valence electrons. The van der Waals surface area contributed by atoms with Gasteiger partial charge in [0.2, 0.25) is 9.84 Å². The molecule has 0 aliphatic carbocycles. The highest BCUT2D eigenvalue weighted by atomic mass is 32.2. The summed E-state index contributed by atoms with van der Waals surface area (Å²) in [6, 6.07) is 15.4. The Labute approximate surface area is 140 Å². The molecule has 0 atom stereocenters. The largest absolute Gasteiger partial charge is 0.352 e. The van der Waals surface area contributed by atoms with E-state index in [-0.39, 0.29) is 9.79 Å². The Balaban J connectivity index is 2.14. The summed E-state index contributed by atoms with van der Waals surface area (Å²) in [6.07, 6.45) is 0.814. The molecule has 0 bridgehead atoms. The van der Waals surface area contributed by atoms with Gasteiger partial charge in [0.25, 0.3) is 0 Å². The Morgan fingerprint density at radius 3 is 2.29 bits per heavy atom. The number of aromatic nitrogens is 1. The predicted molar refractivity (Wildman–Crippen MR) is 90.4 cm³/mol. The van der Waals surface area contributed by atoms with E-state index in [2.05, 4.69) is 4.98 Å². The van der Waals surface area contributed by atoms with Crippen LogP contribution in [0.3, 0.4) is 0 Å². The van der Waals surface area contributed by atoms with Crippen LogP contribution in [0.4, 0.5) is 0 Å². The van der Waals surface area contributed by atoms with E-state index in [0.29, 0.717) is 10.9 Å². The average molecular weight is 343 g/mol. The minimum Gasteiger partial charge on any atom is -0.352 e. The van der Waals surface area contributed by atoms with E-state index in [1.165, 1.54) is 6.20 Å². The fourth-order valence-electron chi connectivity index (χ4n) is 2.59. The SMILES string of the molecule is COC(OC)c1cccc2cc(S(=O)(=O)c3ccccc3)cnc12. The molecule has 0 radical (unpaired) electrons. The molecule has 0 aliphatic rings. The molecule has 1 heterocycles. The molecule has 0 spiro atoms. The molecule has 0 aliphatic heterocycles. The Morgan fingerprint density at radius 2 is 1.62 bits per heavy atom. The number of para-hydroxylation sites is 1. The van der Waals surface area contributed by atoms with Crippen molar-refractivity contribution in [1.82, 2.24) is 4.98 Å². The van der Waals surface area contributed by atoms with E-state index in [4.69, 9.17) is 9.47 Å². The summed E-state index contributed by atoms with van der Waals surface area (Å²) in [6.45, 7) is 0. The quantitative estimate of drug-likeness (QED) is 0.665. The first-order valence-corrected chi connectivity index (χ1v) is 8.80. The Hall–Kier alpha value is -2.28. The van der Waals surface area contributed by atoms with Crippen LogP contribution in [-0.2, 0) is 19.3 Å². The number of pyridine rings is 1. The van der Waals surface area contributed by atoms with Crippen LogP contribution in [0.1, 0.15) is 11.9 Å². The van der Waals surface area contributed by atoms with Gasteiger partial charge in [-0.1, -0.05) is 36.4 Å². The van der Waals surface area contributed by atoms with E-state index in [1.807, 2.05) is 18.2 Å². The molecule has 24 heavy (non-hydrogen) atoms. The van der Waals surface area contributed by atoms with E-state index in [0.717, 1.165) is 5.56 Å². The first-order valence-electron chi connectivity index (χ1n) is 7.32. The number of hydrogen-bond acceptors (Lipinski definition) is 5. The van der Waals surface area contributed by atoms with Crippen molar-refractivity contribution in [2.75, 3.05) is 14.2 Å². The van der Waals surface area contributed by atoms with Gasteiger partial charge in [-0.3, -0.25) is 4.98 Å². The number of sulfone groups is 1. The Bertz CT molecular complexity index is 951. The summed E-state index contributed by atoms with van der Waals surface area (Å²) < 4.78 is 36.0. The van der Waals surface area contributed by atoms with Gasteiger partial charge >= 0.3 is 0 Å². The van der Waals surface area contributed by atoms with Crippen molar-refractivity contribution < 1.29 is 17.9 Å². The number of rotatable bonds is 5. The van der Waals surface area contributed by atoms with Crippen LogP contribution in [-0.4, -0.2) is 27.6 Å². The zero-order valence-electron chi connectivity index (χ0n) is 13.3. The van der Waals surface area contributed by atoms with Gasteiger partial charge in [-0.2, -0.15) is 0 Å². The highest BCUT2D eigenvalue weighted by Crippen LogP contribution is 2.28. The van der Waals surface area contributed by atoms with Gasteiger partial charge in [-0.15, -0.1) is 0 Å². The van der Waals surface area contributed by atoms with Crippen molar-refractivity contribution >= 4 is 20.7 Å². The molecule has 0 fully saturated rings. The van der Waals surface area contributed by atoms with Crippen molar-refractivity contribution in [2.45, 2.75) is 16.1 Å². The number of nitrogens with zero attached hydrogens (tertiary/aromatic N) is 1. The van der Waals surface area contributed by atoms with Gasteiger partial charge in [0.15, 0.2) is 6.29 Å². The molecule has 5 nitrogen and oxygen atoms in total. The normalized spacial score (nSPS) is 12.0. The van der Waals surface area contributed by atoms with E-state index < -0.39 is 16.1 Å². The second-order valence-corrected chi connectivity index (χ2v) is 7.16. The van der Waals surface area contributed by atoms with Crippen LogP contribution in [0.2, 0.25) is 0 Å². The Kier molecular flexibility index (Phi) is 4.62. The highest BCUT2D eigenvalue weighted by Gasteiger charge is 2.20. The number of methoxy groups -OCH3 is 2. The number of benzene rings is 2. The summed E-state index contributed by atoms with van der Waals surface area (Å²) in [5, 5.41) is 0.712. The standard InChI is InChI=1S/C18H17NO4S/c1-22-18(23-2)16-10-6-7-13-11-15(12-19-17(13)16)24(20,21)14-8-4-3-5-9-14/h3-12,18H,1-2H3. The van der Waals surface area contributed by atoms with Crippen LogP contribution in [0.25, 0.3) is 10.9 Å². The third kappa shape index (κ3) is 2.91. The fourth-order valence-corrected chi connectivity index (χ4v) is 3.85. The lowest BCUT2D eigenvalue weighted by Crippen LogP contribution is -2.06. The van der Waals surface area contributed by atoms with Crippen LogP contribution in [0, 0.1) is 0 Å². The van der Waals surface area contributed by atoms with Gasteiger partial charge in [0.05, 0.1) is 15.3 Å². The number of fused-ring (bicyclic) bond motifs is 1. The fraction of sp³-hybridized carbons (Fsp3) is 0.167. The van der Waals surface area contributed by atoms with Crippen molar-refractivity contribution in [1.29, 1.82) is 0 Å². The monoisotopic (exact) mass is 343 g/mol.